The molecule has 1 spiro atoms. The van der Waals surface area contributed by atoms with Gasteiger partial charge in [-0.2, -0.15) is 0 Å². The third-order valence-corrected chi connectivity index (χ3v) is 6.58. The molecular formula is C20H14ClN3O4S. The molecule has 0 fully saturated rings. The first kappa shape index (κ1) is 16.9. The van der Waals surface area contributed by atoms with E-state index in [1.54, 1.807) is 17.2 Å². The summed E-state index contributed by atoms with van der Waals surface area (Å²) in [5.41, 5.74) is 1.41. The second-order valence-electron chi connectivity index (χ2n) is 6.99. The summed E-state index contributed by atoms with van der Waals surface area (Å²) < 4.78 is 17.6. The van der Waals surface area contributed by atoms with E-state index in [9.17, 15) is 4.79 Å². The SMILES string of the molecule is O=C1NC2(COc3cc4c(cc32)OCO4)c2ncccc2N1Cc1ccc(Cl)s1. The Morgan fingerprint density at radius 1 is 1.17 bits per heavy atom. The molecule has 2 aromatic heterocycles. The molecule has 0 saturated heterocycles. The predicted octanol–water partition coefficient (Wildman–Crippen LogP) is 3.89. The molecule has 0 bridgehead atoms. The summed E-state index contributed by atoms with van der Waals surface area (Å²) in [6.07, 6.45) is 1.73. The van der Waals surface area contributed by atoms with Gasteiger partial charge in [0, 0.05) is 22.7 Å². The summed E-state index contributed by atoms with van der Waals surface area (Å²) in [6, 6.07) is 11.0. The van der Waals surface area contributed by atoms with E-state index >= 15 is 0 Å². The number of ether oxygens (including phenoxy) is 3. The highest BCUT2D eigenvalue weighted by Gasteiger charge is 2.51. The number of rotatable bonds is 2. The van der Waals surface area contributed by atoms with Gasteiger partial charge in [-0.3, -0.25) is 9.88 Å². The summed E-state index contributed by atoms with van der Waals surface area (Å²) in [5.74, 6) is 1.93. The van der Waals surface area contributed by atoms with Crippen LogP contribution in [0.3, 0.4) is 0 Å². The normalized spacial score (nSPS) is 21.0. The number of nitrogens with zero attached hydrogens (tertiary/aromatic N) is 2. The Hall–Kier alpha value is -2.97. The lowest BCUT2D eigenvalue weighted by atomic mass is 9.85. The highest BCUT2D eigenvalue weighted by molar-refractivity contribution is 7.16. The molecule has 1 N–H and O–H groups in total. The summed E-state index contributed by atoms with van der Waals surface area (Å²) in [7, 11) is 0. The van der Waals surface area contributed by atoms with E-state index in [1.165, 1.54) is 11.3 Å². The second-order valence-corrected chi connectivity index (χ2v) is 8.79. The van der Waals surface area contributed by atoms with Gasteiger partial charge >= 0.3 is 6.03 Å². The topological polar surface area (TPSA) is 72.9 Å². The number of nitrogens with one attached hydrogen (secondary N) is 1. The van der Waals surface area contributed by atoms with Crippen LogP contribution in [0, 0.1) is 0 Å². The lowest BCUT2D eigenvalue weighted by Gasteiger charge is -2.39. The quantitative estimate of drug-likeness (QED) is 0.671. The van der Waals surface area contributed by atoms with Crippen molar-refractivity contribution in [3.8, 4) is 17.2 Å². The number of carbonyl (C=O) groups is 1. The maximum Gasteiger partial charge on any atom is 0.323 e. The van der Waals surface area contributed by atoms with Crippen LogP contribution >= 0.6 is 22.9 Å². The van der Waals surface area contributed by atoms with Crippen LogP contribution in [-0.4, -0.2) is 24.4 Å². The van der Waals surface area contributed by atoms with E-state index in [0.29, 0.717) is 28.1 Å². The van der Waals surface area contributed by atoms with Crippen molar-refractivity contribution < 1.29 is 19.0 Å². The largest absolute Gasteiger partial charge is 0.490 e. The first-order valence-electron chi connectivity index (χ1n) is 9.00. The first-order chi connectivity index (χ1) is 14.1. The maximum atomic E-state index is 13.2. The fraction of sp³-hybridized carbons (Fsp3) is 0.200. The van der Waals surface area contributed by atoms with Crippen LogP contribution in [0.25, 0.3) is 0 Å². The van der Waals surface area contributed by atoms with E-state index in [0.717, 1.165) is 21.8 Å². The average molecular weight is 428 g/mol. The van der Waals surface area contributed by atoms with Crippen molar-refractivity contribution in [1.29, 1.82) is 0 Å². The number of thiophene rings is 1. The number of anilines is 1. The van der Waals surface area contributed by atoms with Gasteiger partial charge < -0.3 is 19.5 Å². The van der Waals surface area contributed by atoms with Crippen LogP contribution in [0.5, 0.6) is 17.2 Å². The van der Waals surface area contributed by atoms with Gasteiger partial charge in [0.05, 0.1) is 22.3 Å². The number of hydrogen-bond acceptors (Lipinski definition) is 6. The van der Waals surface area contributed by atoms with Gasteiger partial charge in [-0.25, -0.2) is 4.79 Å². The molecule has 29 heavy (non-hydrogen) atoms. The van der Waals surface area contributed by atoms with Crippen molar-refractivity contribution in [2.24, 2.45) is 0 Å². The molecule has 3 aromatic rings. The van der Waals surface area contributed by atoms with Crippen molar-refractivity contribution in [3.63, 3.8) is 0 Å². The van der Waals surface area contributed by atoms with E-state index in [2.05, 4.69) is 10.3 Å². The van der Waals surface area contributed by atoms with Crippen molar-refractivity contribution in [3.05, 3.63) is 63.1 Å². The van der Waals surface area contributed by atoms with E-state index in [-0.39, 0.29) is 19.4 Å². The number of carbonyl (C=O) groups excluding carboxylic acids is 1. The zero-order chi connectivity index (χ0) is 19.6. The van der Waals surface area contributed by atoms with E-state index < -0.39 is 5.54 Å². The number of pyridine rings is 1. The number of aromatic nitrogens is 1. The van der Waals surface area contributed by atoms with E-state index in [4.69, 9.17) is 25.8 Å². The van der Waals surface area contributed by atoms with Crippen molar-refractivity contribution in [1.82, 2.24) is 10.3 Å². The highest BCUT2D eigenvalue weighted by Crippen LogP contribution is 2.50. The number of amides is 2. The zero-order valence-electron chi connectivity index (χ0n) is 15.0. The van der Waals surface area contributed by atoms with Gasteiger partial charge in [0.25, 0.3) is 0 Å². The molecule has 1 atom stereocenters. The van der Waals surface area contributed by atoms with Crippen LogP contribution in [0.15, 0.2) is 42.6 Å². The highest BCUT2D eigenvalue weighted by atomic mass is 35.5. The van der Waals surface area contributed by atoms with Gasteiger partial charge in [-0.1, -0.05) is 11.6 Å². The number of halogens is 1. The van der Waals surface area contributed by atoms with Crippen LogP contribution in [0.1, 0.15) is 16.1 Å². The molecule has 3 aliphatic rings. The Balaban J connectivity index is 1.48. The lowest BCUT2D eigenvalue weighted by Crippen LogP contribution is -2.58. The Morgan fingerprint density at radius 2 is 2.03 bits per heavy atom. The lowest BCUT2D eigenvalue weighted by molar-refractivity contribution is 0.173. The van der Waals surface area contributed by atoms with Crippen LogP contribution in [-0.2, 0) is 12.1 Å². The summed E-state index contributed by atoms with van der Waals surface area (Å²) in [5, 5.41) is 3.15. The molecule has 1 aromatic carbocycles. The fourth-order valence-corrected chi connectivity index (χ4v) is 5.13. The van der Waals surface area contributed by atoms with Gasteiger partial charge in [0.15, 0.2) is 11.5 Å². The number of benzene rings is 1. The minimum atomic E-state index is -0.881. The third-order valence-electron chi connectivity index (χ3n) is 5.37. The number of urea groups is 1. The smallest absolute Gasteiger partial charge is 0.323 e. The molecule has 0 saturated carbocycles. The molecule has 9 heteroatoms. The fourth-order valence-electron chi connectivity index (χ4n) is 4.05. The number of hydrogen-bond donors (Lipinski definition) is 1. The molecule has 146 valence electrons. The molecule has 0 aliphatic carbocycles. The standard InChI is InChI=1S/C20H14ClN3O4S/c21-17-4-3-11(29-17)8-24-13-2-1-5-22-18(13)20(23-19(24)25)9-26-14-7-16-15(6-12(14)20)27-10-28-16/h1-7H,8-10H2,(H,23,25). The molecule has 3 aliphatic heterocycles. The predicted molar refractivity (Wildman–Crippen MR) is 107 cm³/mol. The minimum Gasteiger partial charge on any atom is -0.490 e. The van der Waals surface area contributed by atoms with Gasteiger partial charge in [-0.05, 0) is 30.3 Å². The molecule has 7 nitrogen and oxygen atoms in total. The van der Waals surface area contributed by atoms with E-state index in [1.807, 2.05) is 30.3 Å². The summed E-state index contributed by atoms with van der Waals surface area (Å²) in [4.78, 5) is 20.5. The number of fused-ring (bicyclic) bond motifs is 5. The summed E-state index contributed by atoms with van der Waals surface area (Å²) >= 11 is 7.52. The van der Waals surface area contributed by atoms with Gasteiger partial charge in [0.1, 0.15) is 17.9 Å². The Kier molecular flexibility index (Phi) is 3.51. The third kappa shape index (κ3) is 2.42. The Morgan fingerprint density at radius 3 is 2.86 bits per heavy atom. The zero-order valence-corrected chi connectivity index (χ0v) is 16.5. The van der Waals surface area contributed by atoms with Crippen LogP contribution in [0.4, 0.5) is 10.5 Å². The van der Waals surface area contributed by atoms with Crippen LogP contribution in [0.2, 0.25) is 4.34 Å². The van der Waals surface area contributed by atoms with Gasteiger partial charge in [-0.15, -0.1) is 11.3 Å². The molecule has 2 amide bonds. The molecule has 1 unspecified atom stereocenters. The molecule has 0 radical (unpaired) electrons. The monoisotopic (exact) mass is 427 g/mol. The van der Waals surface area contributed by atoms with Crippen molar-refractivity contribution >= 4 is 34.7 Å². The van der Waals surface area contributed by atoms with Crippen molar-refractivity contribution in [2.75, 3.05) is 18.3 Å². The maximum absolute atomic E-state index is 13.2. The molecular weight excluding hydrogens is 414 g/mol. The Labute approximate surface area is 174 Å². The molecule has 6 rings (SSSR count). The van der Waals surface area contributed by atoms with Crippen LogP contribution < -0.4 is 24.4 Å². The minimum absolute atomic E-state index is 0.170. The summed E-state index contributed by atoms with van der Waals surface area (Å²) in [6.45, 7) is 0.829. The van der Waals surface area contributed by atoms with Gasteiger partial charge in [0.2, 0.25) is 6.79 Å². The second kappa shape index (κ2) is 6.01. The average Bonchev–Trinajstić information content (AvgIpc) is 3.43. The van der Waals surface area contributed by atoms with Crippen molar-refractivity contribution in [2.45, 2.75) is 12.1 Å². The molecule has 5 heterocycles. The first-order valence-corrected chi connectivity index (χ1v) is 10.2. The Bertz CT molecular complexity index is 1170.